The average molecular weight is 422 g/mol. The van der Waals surface area contributed by atoms with Crippen LogP contribution in [0.3, 0.4) is 0 Å². The Balaban J connectivity index is 0.00000280. The van der Waals surface area contributed by atoms with E-state index in [2.05, 4.69) is 58.2 Å². The molecule has 1 amide bonds. The lowest BCUT2D eigenvalue weighted by atomic mass is 9.93. The monoisotopic (exact) mass is 421 g/mol. The molecule has 0 bridgehead atoms. The number of thiophene rings is 1. The molecule has 1 saturated heterocycles. The molecule has 2 aromatic rings. The van der Waals surface area contributed by atoms with Crippen molar-refractivity contribution in [2.24, 2.45) is 5.92 Å². The SMILES string of the molecule is CNCCC1CCN(CC(=O)NC(c2ccc(C)cc2)c2cccs2)CC1.Cl. The molecule has 0 saturated carbocycles. The van der Waals surface area contributed by atoms with Crippen LogP contribution in [0.4, 0.5) is 0 Å². The first-order chi connectivity index (χ1) is 13.2. The molecule has 28 heavy (non-hydrogen) atoms. The van der Waals surface area contributed by atoms with Crippen molar-refractivity contribution >= 4 is 29.7 Å². The second kappa shape index (κ2) is 11.6. The van der Waals surface area contributed by atoms with E-state index in [0.29, 0.717) is 6.54 Å². The summed E-state index contributed by atoms with van der Waals surface area (Å²) in [6.45, 7) is 5.71. The van der Waals surface area contributed by atoms with Gasteiger partial charge in [0, 0.05) is 4.88 Å². The zero-order valence-corrected chi connectivity index (χ0v) is 18.5. The summed E-state index contributed by atoms with van der Waals surface area (Å²) in [6, 6.07) is 12.5. The van der Waals surface area contributed by atoms with Gasteiger partial charge in [-0.15, -0.1) is 23.7 Å². The lowest BCUT2D eigenvalue weighted by Gasteiger charge is -2.32. The maximum atomic E-state index is 12.8. The van der Waals surface area contributed by atoms with Crippen LogP contribution in [0.15, 0.2) is 41.8 Å². The molecule has 2 heterocycles. The van der Waals surface area contributed by atoms with E-state index in [4.69, 9.17) is 0 Å². The predicted molar refractivity (Wildman–Crippen MR) is 120 cm³/mol. The second-order valence-electron chi connectivity index (χ2n) is 7.54. The number of hydrogen-bond acceptors (Lipinski definition) is 4. The minimum atomic E-state index is -0.0636. The predicted octanol–water partition coefficient (Wildman–Crippen LogP) is 4.01. The number of amides is 1. The van der Waals surface area contributed by atoms with Crippen molar-refractivity contribution in [3.05, 3.63) is 57.8 Å². The van der Waals surface area contributed by atoms with Crippen LogP contribution in [0.5, 0.6) is 0 Å². The van der Waals surface area contributed by atoms with Crippen molar-refractivity contribution in [3.63, 3.8) is 0 Å². The van der Waals surface area contributed by atoms with Gasteiger partial charge in [0.05, 0.1) is 12.6 Å². The van der Waals surface area contributed by atoms with Crippen LogP contribution in [0.2, 0.25) is 0 Å². The highest BCUT2D eigenvalue weighted by atomic mass is 35.5. The van der Waals surface area contributed by atoms with E-state index in [0.717, 1.165) is 31.1 Å². The summed E-state index contributed by atoms with van der Waals surface area (Å²) in [5.74, 6) is 0.908. The van der Waals surface area contributed by atoms with Gasteiger partial charge >= 0.3 is 0 Å². The van der Waals surface area contributed by atoms with Crippen LogP contribution >= 0.6 is 23.7 Å². The largest absolute Gasteiger partial charge is 0.343 e. The molecule has 2 N–H and O–H groups in total. The topological polar surface area (TPSA) is 44.4 Å². The van der Waals surface area contributed by atoms with Gasteiger partial charge in [-0.2, -0.15) is 0 Å². The molecular formula is C22H32ClN3OS. The third-order valence-electron chi connectivity index (χ3n) is 5.42. The first kappa shape index (κ1) is 22.9. The van der Waals surface area contributed by atoms with E-state index in [9.17, 15) is 4.79 Å². The number of aryl methyl sites for hydroxylation is 1. The van der Waals surface area contributed by atoms with Crippen LogP contribution in [0, 0.1) is 12.8 Å². The number of nitrogens with zero attached hydrogens (tertiary/aromatic N) is 1. The van der Waals surface area contributed by atoms with Crippen LogP contribution in [-0.2, 0) is 4.79 Å². The fourth-order valence-electron chi connectivity index (χ4n) is 3.72. The van der Waals surface area contributed by atoms with E-state index in [1.165, 1.54) is 29.7 Å². The number of benzene rings is 1. The Bertz CT molecular complexity index is 697. The zero-order valence-electron chi connectivity index (χ0n) is 16.8. The Morgan fingerprint density at radius 1 is 1.21 bits per heavy atom. The van der Waals surface area contributed by atoms with Crippen LogP contribution in [0.25, 0.3) is 0 Å². The van der Waals surface area contributed by atoms with E-state index in [-0.39, 0.29) is 24.4 Å². The Morgan fingerprint density at radius 3 is 2.54 bits per heavy atom. The number of halogens is 1. The highest BCUT2D eigenvalue weighted by Crippen LogP contribution is 2.26. The van der Waals surface area contributed by atoms with Crippen LogP contribution in [-0.4, -0.2) is 44.0 Å². The first-order valence-electron chi connectivity index (χ1n) is 9.92. The smallest absolute Gasteiger partial charge is 0.234 e. The molecule has 1 aliphatic heterocycles. The maximum absolute atomic E-state index is 12.8. The average Bonchev–Trinajstić information content (AvgIpc) is 3.21. The number of carbonyl (C=O) groups is 1. The van der Waals surface area contributed by atoms with Gasteiger partial charge in [0.15, 0.2) is 0 Å². The summed E-state index contributed by atoms with van der Waals surface area (Å²) in [5.41, 5.74) is 2.37. The van der Waals surface area contributed by atoms with Gasteiger partial charge in [0.1, 0.15) is 0 Å². The number of likely N-dealkylation sites (tertiary alicyclic amines) is 1. The summed E-state index contributed by atoms with van der Waals surface area (Å²) in [7, 11) is 2.01. The lowest BCUT2D eigenvalue weighted by molar-refractivity contribution is -0.123. The van der Waals surface area contributed by atoms with Crippen LogP contribution in [0.1, 0.15) is 41.3 Å². The summed E-state index contributed by atoms with van der Waals surface area (Å²) in [5, 5.41) is 8.57. The van der Waals surface area contributed by atoms with Crippen molar-refractivity contribution in [2.45, 2.75) is 32.2 Å². The van der Waals surface area contributed by atoms with E-state index in [1.807, 2.05) is 13.1 Å². The van der Waals surface area contributed by atoms with Crippen molar-refractivity contribution in [1.82, 2.24) is 15.5 Å². The van der Waals surface area contributed by atoms with Crippen molar-refractivity contribution < 1.29 is 4.79 Å². The minimum Gasteiger partial charge on any atom is -0.343 e. The fourth-order valence-corrected chi connectivity index (χ4v) is 4.53. The Labute approximate surface area is 179 Å². The molecular weight excluding hydrogens is 390 g/mol. The molecule has 1 aromatic heterocycles. The molecule has 154 valence electrons. The molecule has 3 rings (SSSR count). The second-order valence-corrected chi connectivity index (χ2v) is 8.52. The van der Waals surface area contributed by atoms with Crippen molar-refractivity contribution in [2.75, 3.05) is 33.2 Å². The fraction of sp³-hybridized carbons (Fsp3) is 0.500. The highest BCUT2D eigenvalue weighted by Gasteiger charge is 2.23. The van der Waals surface area contributed by atoms with Gasteiger partial charge in [0.25, 0.3) is 0 Å². The summed E-state index contributed by atoms with van der Waals surface area (Å²) in [4.78, 5) is 16.2. The van der Waals surface area contributed by atoms with Gasteiger partial charge in [-0.1, -0.05) is 35.9 Å². The van der Waals surface area contributed by atoms with E-state index in [1.54, 1.807) is 11.3 Å². The molecule has 1 aliphatic rings. The maximum Gasteiger partial charge on any atom is 0.234 e. The number of carbonyl (C=O) groups excluding carboxylic acids is 1. The molecule has 0 radical (unpaired) electrons. The van der Waals surface area contributed by atoms with Crippen LogP contribution < -0.4 is 10.6 Å². The van der Waals surface area contributed by atoms with Gasteiger partial charge < -0.3 is 10.6 Å². The normalized spacial score (nSPS) is 16.4. The van der Waals surface area contributed by atoms with E-state index >= 15 is 0 Å². The summed E-state index contributed by atoms with van der Waals surface area (Å²) in [6.07, 6.45) is 3.63. The Hall–Kier alpha value is -1.40. The van der Waals surface area contributed by atoms with Gasteiger partial charge in [-0.25, -0.2) is 0 Å². The van der Waals surface area contributed by atoms with Crippen molar-refractivity contribution in [1.29, 1.82) is 0 Å². The standard InChI is InChI=1S/C22H31N3OS.ClH/c1-17-5-7-19(8-6-17)22(20-4-3-15-27-20)24-21(26)16-25-13-10-18(11-14-25)9-12-23-2;/h3-8,15,18,22-23H,9-14,16H2,1-2H3,(H,24,26);1H. The van der Waals surface area contributed by atoms with Gasteiger partial charge in [-0.3, -0.25) is 9.69 Å². The molecule has 6 heteroatoms. The summed E-state index contributed by atoms with van der Waals surface area (Å²) >= 11 is 1.69. The molecule has 1 unspecified atom stereocenters. The molecule has 1 fully saturated rings. The van der Waals surface area contributed by atoms with Gasteiger partial charge in [-0.05, 0) is 75.8 Å². The Kier molecular flexibility index (Phi) is 9.45. The number of piperidine rings is 1. The van der Waals surface area contributed by atoms with Crippen molar-refractivity contribution in [3.8, 4) is 0 Å². The minimum absolute atomic E-state index is 0. The number of rotatable bonds is 8. The Morgan fingerprint density at radius 2 is 1.93 bits per heavy atom. The van der Waals surface area contributed by atoms with Gasteiger partial charge in [0.2, 0.25) is 5.91 Å². The highest BCUT2D eigenvalue weighted by molar-refractivity contribution is 7.10. The molecule has 1 aromatic carbocycles. The molecule has 4 nitrogen and oxygen atoms in total. The quantitative estimate of drug-likeness (QED) is 0.676. The molecule has 0 aliphatic carbocycles. The third-order valence-corrected chi connectivity index (χ3v) is 6.36. The van der Waals surface area contributed by atoms with E-state index < -0.39 is 0 Å². The molecule has 1 atom stereocenters. The first-order valence-corrected chi connectivity index (χ1v) is 10.8. The molecule has 0 spiro atoms. The number of hydrogen-bond donors (Lipinski definition) is 2. The zero-order chi connectivity index (χ0) is 19.1. The third kappa shape index (κ3) is 6.59. The summed E-state index contributed by atoms with van der Waals surface area (Å²) < 4.78 is 0. The number of nitrogens with one attached hydrogen (secondary N) is 2. The lowest BCUT2D eigenvalue weighted by Crippen LogP contribution is -2.42.